The third kappa shape index (κ3) is 7.58. The number of fused-ring (bicyclic) bond motifs is 7. The minimum atomic E-state index is -2.11. The van der Waals surface area contributed by atoms with Crippen molar-refractivity contribution in [1.29, 1.82) is 0 Å². The molecule has 0 bridgehead atoms. The smallest absolute Gasteiger partial charge is 0.550 e. The summed E-state index contributed by atoms with van der Waals surface area (Å²) in [5.41, 5.74) is -2.08. The molecule has 0 spiro atoms. The maximum Gasteiger partial charge on any atom is 1.00 e. The minimum Gasteiger partial charge on any atom is -0.550 e. The van der Waals surface area contributed by atoms with Crippen molar-refractivity contribution in [2.75, 3.05) is 0 Å². The summed E-state index contributed by atoms with van der Waals surface area (Å²) in [6, 6.07) is 0. The summed E-state index contributed by atoms with van der Waals surface area (Å²) in [7, 11) is 0. The van der Waals surface area contributed by atoms with Crippen LogP contribution in [0.1, 0.15) is 106 Å². The van der Waals surface area contributed by atoms with Gasteiger partial charge in [-0.3, -0.25) is 4.79 Å². The molecule has 0 aromatic heterocycles. The topological polar surface area (TPSA) is 273 Å². The van der Waals surface area contributed by atoms with Crippen molar-refractivity contribution in [3.8, 4) is 0 Å². The number of allylic oxidation sites excluding steroid dienone is 2. The number of aliphatic hydroxyl groups excluding tert-OH is 5. The summed E-state index contributed by atoms with van der Waals surface area (Å²) in [5, 5.41) is 87.2. The fourth-order valence-corrected chi connectivity index (χ4v) is 13.4. The van der Waals surface area contributed by atoms with E-state index in [1.807, 2.05) is 19.9 Å². The van der Waals surface area contributed by atoms with Crippen LogP contribution in [0.2, 0.25) is 0 Å². The number of ether oxygens (including phenoxy) is 4. The monoisotopic (exact) mass is 866 g/mol. The number of carbonyl (C=O) groups is 4. The molecule has 2 heterocycles. The van der Waals surface area contributed by atoms with Gasteiger partial charge in [0.05, 0.1) is 12.1 Å². The van der Waals surface area contributed by atoms with Crippen LogP contribution in [0.25, 0.3) is 0 Å². The molecule has 326 valence electrons. The number of hydrogen-bond acceptors (Lipinski definition) is 15. The van der Waals surface area contributed by atoms with Gasteiger partial charge in [0.15, 0.2) is 24.5 Å². The van der Waals surface area contributed by atoms with Gasteiger partial charge >= 0.3 is 65.1 Å². The van der Waals surface area contributed by atoms with E-state index in [1.54, 1.807) is 6.92 Å². The van der Waals surface area contributed by atoms with Crippen LogP contribution in [0, 0.1) is 50.2 Å². The number of carboxylic acid groups (broad SMARTS) is 3. The van der Waals surface area contributed by atoms with E-state index in [0.717, 1.165) is 24.8 Å². The van der Waals surface area contributed by atoms with Crippen LogP contribution in [0.5, 0.6) is 0 Å². The van der Waals surface area contributed by atoms with Gasteiger partial charge in [0, 0.05) is 17.3 Å². The summed E-state index contributed by atoms with van der Waals surface area (Å²) in [5.74, 6) is -5.09. The fourth-order valence-electron chi connectivity index (χ4n) is 13.4. The van der Waals surface area contributed by atoms with E-state index in [4.69, 9.17) is 18.9 Å². The van der Waals surface area contributed by atoms with Crippen LogP contribution in [0.15, 0.2) is 11.6 Å². The molecule has 0 radical (unpaired) electrons. The van der Waals surface area contributed by atoms with E-state index in [1.165, 1.54) is 0 Å². The zero-order valence-electron chi connectivity index (χ0n) is 36.3. The second-order valence-electron chi connectivity index (χ2n) is 20.6. The van der Waals surface area contributed by atoms with Crippen molar-refractivity contribution in [2.45, 2.75) is 174 Å². The Hall–Kier alpha value is -0.540. The zero-order valence-corrected chi connectivity index (χ0v) is 40.3. The largest absolute Gasteiger partial charge is 1.00 e. The van der Waals surface area contributed by atoms with Crippen LogP contribution in [-0.2, 0) is 38.1 Å². The number of ketones is 1. The van der Waals surface area contributed by atoms with Crippen LogP contribution in [-0.4, -0.2) is 122 Å². The maximum absolute atomic E-state index is 14.8. The van der Waals surface area contributed by atoms with E-state index >= 15 is 0 Å². The van der Waals surface area contributed by atoms with Crippen molar-refractivity contribution in [3.05, 3.63) is 11.6 Å². The summed E-state index contributed by atoms with van der Waals surface area (Å²) < 4.78 is 23.2. The normalized spacial score (nSPS) is 50.8. The van der Waals surface area contributed by atoms with Gasteiger partial charge in [-0.25, -0.2) is 4.79 Å². The maximum atomic E-state index is 14.8. The van der Waals surface area contributed by atoms with E-state index in [2.05, 4.69) is 27.7 Å². The second kappa shape index (κ2) is 17.0. The van der Waals surface area contributed by atoms with E-state index in [9.17, 15) is 60.0 Å². The van der Waals surface area contributed by atoms with Crippen molar-refractivity contribution >= 4 is 23.7 Å². The Kier molecular flexibility index (Phi) is 14.3. The number of aliphatic carboxylic acids is 3. The standard InChI is InChI=1S/C42H62O16.2Na/c1-37(2)21-8-11-42(7)31(20(43)16-18-19-17-39(4,36(53)54)13-12-38(19,3)14-15-41(18,42)6)40(21,5)10-9-22(37)55-35-30(26(47)25(46)29(57-35)33(51)52)58-34-27(48)23(44)24(45)28(56-34)32(49)50;;/h16,19,21-31,34-35,44-48H,8-15,17H2,1-7H3,(H,49,50)(H,51,52)(H,53,54);;/q;2*+1/p-2/t19-,21-,22-,23?,24?,25?,26?,27?,28?,29?,30?,31+,34?,35?,38+,39-,40-,41+,42+;;/m0../s1. The van der Waals surface area contributed by atoms with Gasteiger partial charge in [-0.1, -0.05) is 54.0 Å². The van der Waals surface area contributed by atoms with Crippen molar-refractivity contribution < 1.29 is 138 Å². The molecule has 4 saturated carbocycles. The van der Waals surface area contributed by atoms with Crippen LogP contribution >= 0.6 is 0 Å². The molecule has 19 atom stereocenters. The van der Waals surface area contributed by atoms with Gasteiger partial charge in [0.2, 0.25) is 0 Å². The van der Waals surface area contributed by atoms with Gasteiger partial charge in [-0.2, -0.15) is 0 Å². The summed E-state index contributed by atoms with van der Waals surface area (Å²) in [4.78, 5) is 51.0. The zero-order chi connectivity index (χ0) is 42.9. The number of carboxylic acids is 3. The molecular formula is C42H60Na2O16. The fraction of sp³-hybridized carbons (Fsp3) is 0.857. The van der Waals surface area contributed by atoms with Gasteiger partial charge < -0.3 is 69.4 Å². The quantitative estimate of drug-likeness (QED) is 0.103. The molecule has 16 nitrogen and oxygen atoms in total. The van der Waals surface area contributed by atoms with E-state index in [0.29, 0.717) is 38.5 Å². The SMILES string of the molecule is CC1(C)[C@@H](OC2OC(C(=O)[O-])C(O)C(O)C2OC2OC(C(=O)O)C(O)C(O)C2O)CC[C@]2(C)[C@H]3C(=O)C=C4[C@@H]5C[C@@](C)(C(=O)[O-])CC[C@]5(C)CC[C@@]4(C)[C@]3(C)CC[C@@H]12.[Na+].[Na+]. The summed E-state index contributed by atoms with van der Waals surface area (Å²) in [6.07, 6.45) is -13.0. The summed E-state index contributed by atoms with van der Waals surface area (Å²) in [6.45, 7) is 14.7. The van der Waals surface area contributed by atoms with Crippen molar-refractivity contribution in [1.82, 2.24) is 0 Å². The molecule has 0 aromatic carbocycles. The number of rotatable bonds is 7. The van der Waals surface area contributed by atoms with E-state index in [-0.39, 0.29) is 93.5 Å². The molecule has 2 aliphatic heterocycles. The predicted octanol–water partition coefficient (Wildman–Crippen LogP) is -6.42. The molecule has 2 saturated heterocycles. The van der Waals surface area contributed by atoms with Gasteiger partial charge in [-0.15, -0.1) is 0 Å². The van der Waals surface area contributed by atoms with Crippen LogP contribution in [0.4, 0.5) is 0 Å². The van der Waals surface area contributed by atoms with Crippen LogP contribution < -0.4 is 69.3 Å². The molecular weight excluding hydrogens is 806 g/mol. The molecule has 0 amide bonds. The molecule has 10 unspecified atom stereocenters. The Morgan fingerprint density at radius 2 is 1.33 bits per heavy atom. The van der Waals surface area contributed by atoms with Crippen LogP contribution in [0.3, 0.4) is 0 Å². The van der Waals surface area contributed by atoms with Crippen molar-refractivity contribution in [3.63, 3.8) is 0 Å². The second-order valence-corrected chi connectivity index (χ2v) is 20.6. The van der Waals surface area contributed by atoms with E-state index < -0.39 is 107 Å². The third-order valence-electron chi connectivity index (χ3n) is 17.2. The molecule has 18 heteroatoms. The predicted molar refractivity (Wildman–Crippen MR) is 194 cm³/mol. The molecule has 0 aromatic rings. The first-order chi connectivity index (χ1) is 26.8. The Balaban J connectivity index is 0.00000341. The number of hydrogen-bond donors (Lipinski definition) is 6. The average molecular weight is 867 g/mol. The minimum absolute atomic E-state index is 0. The molecule has 5 aliphatic carbocycles. The molecule has 6 N–H and O–H groups in total. The summed E-state index contributed by atoms with van der Waals surface area (Å²) >= 11 is 0. The van der Waals surface area contributed by atoms with Gasteiger partial charge in [-0.05, 0) is 103 Å². The Labute approximate surface area is 394 Å². The number of carbonyl (C=O) groups excluding carboxylic acids is 3. The van der Waals surface area contributed by atoms with Gasteiger partial charge in [0.1, 0.15) is 42.7 Å². The molecule has 7 aliphatic rings. The van der Waals surface area contributed by atoms with Crippen molar-refractivity contribution in [2.24, 2.45) is 50.2 Å². The first-order valence-electron chi connectivity index (χ1n) is 20.7. The Morgan fingerprint density at radius 1 is 0.733 bits per heavy atom. The first kappa shape index (κ1) is 50.5. The molecule has 60 heavy (non-hydrogen) atoms. The number of aliphatic hydroxyl groups is 5. The Morgan fingerprint density at radius 3 is 1.93 bits per heavy atom. The van der Waals surface area contributed by atoms with Gasteiger partial charge in [0.25, 0.3) is 0 Å². The molecule has 7 rings (SSSR count). The molecule has 6 fully saturated rings. The average Bonchev–Trinajstić information content (AvgIpc) is 3.13. The first-order valence-corrected chi connectivity index (χ1v) is 20.7. The third-order valence-corrected chi connectivity index (χ3v) is 17.2. The Bertz CT molecular complexity index is 1740.